The quantitative estimate of drug-likeness (QED) is 0.528. The molecule has 3 aromatic carbocycles. The standard InChI is InChI=1S/C27H26O6/c28-25(29)14-26(16-30-17-26)21-6-12-24(13-7-21)33-27(18-31-19-27)22-8-10-23(11-9-22)32-15-20-4-2-1-3-5-20/h1-13H,14-19H2,(H,28,29). The van der Waals surface area contributed by atoms with Gasteiger partial charge in [-0.3, -0.25) is 4.79 Å². The first kappa shape index (κ1) is 21.5. The van der Waals surface area contributed by atoms with E-state index >= 15 is 0 Å². The van der Waals surface area contributed by atoms with Crippen molar-refractivity contribution in [2.45, 2.75) is 24.0 Å². The molecule has 0 aromatic heterocycles. The minimum absolute atomic E-state index is 0.0592. The lowest BCUT2D eigenvalue weighted by Crippen LogP contribution is -2.51. The van der Waals surface area contributed by atoms with E-state index in [9.17, 15) is 9.90 Å². The molecule has 6 heteroatoms. The number of hydrogen-bond acceptors (Lipinski definition) is 5. The highest BCUT2D eigenvalue weighted by molar-refractivity contribution is 5.69. The van der Waals surface area contributed by atoms with Gasteiger partial charge in [0.15, 0.2) is 5.60 Å². The summed E-state index contributed by atoms with van der Waals surface area (Å²) in [6.07, 6.45) is 0.0592. The fourth-order valence-electron chi connectivity index (χ4n) is 4.28. The highest BCUT2D eigenvalue weighted by atomic mass is 16.6. The molecule has 0 unspecified atom stereocenters. The van der Waals surface area contributed by atoms with Crippen molar-refractivity contribution < 1.29 is 28.8 Å². The van der Waals surface area contributed by atoms with Crippen LogP contribution in [0.2, 0.25) is 0 Å². The summed E-state index contributed by atoms with van der Waals surface area (Å²) in [6, 6.07) is 25.7. The van der Waals surface area contributed by atoms with Crippen molar-refractivity contribution in [3.63, 3.8) is 0 Å². The monoisotopic (exact) mass is 446 g/mol. The van der Waals surface area contributed by atoms with E-state index in [1.165, 1.54) is 0 Å². The third-order valence-corrected chi connectivity index (χ3v) is 6.33. The average molecular weight is 446 g/mol. The van der Waals surface area contributed by atoms with Crippen LogP contribution in [0.4, 0.5) is 0 Å². The first-order valence-corrected chi connectivity index (χ1v) is 11.0. The minimum Gasteiger partial charge on any atom is -0.489 e. The van der Waals surface area contributed by atoms with E-state index in [2.05, 4.69) is 0 Å². The summed E-state index contributed by atoms with van der Waals surface area (Å²) in [5.41, 5.74) is 2.12. The van der Waals surface area contributed by atoms with Crippen LogP contribution < -0.4 is 9.47 Å². The molecule has 5 rings (SSSR count). The fraction of sp³-hybridized carbons (Fsp3) is 0.296. The number of carboxylic acids is 1. The summed E-state index contributed by atoms with van der Waals surface area (Å²) in [6.45, 7) is 2.31. The lowest BCUT2D eigenvalue weighted by Gasteiger charge is -2.42. The van der Waals surface area contributed by atoms with Gasteiger partial charge in [0.1, 0.15) is 18.1 Å². The minimum atomic E-state index is -0.819. The molecule has 0 amide bonds. The Kier molecular flexibility index (Phi) is 5.79. The molecule has 2 saturated heterocycles. The van der Waals surface area contributed by atoms with Crippen molar-refractivity contribution in [3.8, 4) is 11.5 Å². The SMILES string of the molecule is O=C(O)CC1(c2ccc(OC3(c4ccc(OCc5ccccc5)cc4)COC3)cc2)COC1. The number of carbonyl (C=O) groups is 1. The number of ether oxygens (including phenoxy) is 4. The van der Waals surface area contributed by atoms with Gasteiger partial charge >= 0.3 is 5.97 Å². The number of benzene rings is 3. The molecule has 2 aliphatic rings. The smallest absolute Gasteiger partial charge is 0.304 e. The van der Waals surface area contributed by atoms with Crippen molar-refractivity contribution in [1.82, 2.24) is 0 Å². The maximum absolute atomic E-state index is 11.3. The molecule has 0 atom stereocenters. The van der Waals surface area contributed by atoms with Crippen molar-refractivity contribution in [2.24, 2.45) is 0 Å². The van der Waals surface area contributed by atoms with Gasteiger partial charge in [0.2, 0.25) is 0 Å². The predicted molar refractivity (Wildman–Crippen MR) is 122 cm³/mol. The Labute approximate surface area is 192 Å². The van der Waals surface area contributed by atoms with Crippen LogP contribution >= 0.6 is 0 Å². The normalized spacial score (nSPS) is 17.9. The summed E-state index contributed by atoms with van der Waals surface area (Å²) in [5, 5.41) is 9.26. The van der Waals surface area contributed by atoms with Gasteiger partial charge in [-0.25, -0.2) is 0 Å². The number of carboxylic acid groups (broad SMARTS) is 1. The summed E-state index contributed by atoms with van der Waals surface area (Å²) in [5.74, 6) is 0.700. The van der Waals surface area contributed by atoms with Crippen molar-refractivity contribution >= 4 is 5.97 Å². The largest absolute Gasteiger partial charge is 0.489 e. The Morgan fingerprint density at radius 1 is 0.788 bits per heavy atom. The third kappa shape index (κ3) is 4.45. The van der Waals surface area contributed by atoms with Gasteiger partial charge in [-0.15, -0.1) is 0 Å². The van der Waals surface area contributed by atoms with E-state index in [1.54, 1.807) is 0 Å². The lowest BCUT2D eigenvalue weighted by atomic mass is 9.76. The molecule has 2 heterocycles. The first-order valence-electron chi connectivity index (χ1n) is 11.0. The molecule has 0 bridgehead atoms. The van der Waals surface area contributed by atoms with E-state index in [4.69, 9.17) is 18.9 Å². The molecular weight excluding hydrogens is 420 g/mol. The Hall–Kier alpha value is -3.35. The molecule has 6 nitrogen and oxygen atoms in total. The van der Waals surface area contributed by atoms with Gasteiger partial charge in [0, 0.05) is 5.56 Å². The van der Waals surface area contributed by atoms with Crippen LogP contribution in [0.1, 0.15) is 23.1 Å². The van der Waals surface area contributed by atoms with Gasteiger partial charge in [-0.05, 0) is 35.4 Å². The Bertz CT molecular complexity index is 1080. The average Bonchev–Trinajstić information content (AvgIpc) is 2.79. The molecule has 0 spiro atoms. The summed E-state index contributed by atoms with van der Waals surface area (Å²) in [4.78, 5) is 11.3. The molecule has 3 aromatic rings. The molecule has 2 aliphatic heterocycles. The second kappa shape index (κ2) is 8.89. The van der Waals surface area contributed by atoms with Crippen LogP contribution in [0.25, 0.3) is 0 Å². The van der Waals surface area contributed by atoms with E-state index < -0.39 is 17.0 Å². The molecule has 0 aliphatic carbocycles. The Morgan fingerprint density at radius 2 is 1.39 bits per heavy atom. The molecule has 0 radical (unpaired) electrons. The topological polar surface area (TPSA) is 74.2 Å². The molecular formula is C27H26O6. The van der Waals surface area contributed by atoms with Crippen LogP contribution in [0.3, 0.4) is 0 Å². The van der Waals surface area contributed by atoms with Crippen LogP contribution in [0, 0.1) is 0 Å². The van der Waals surface area contributed by atoms with Gasteiger partial charge in [-0.1, -0.05) is 54.6 Å². The Balaban J connectivity index is 1.26. The molecule has 170 valence electrons. The zero-order chi connectivity index (χ0) is 22.7. The number of rotatable bonds is 9. The van der Waals surface area contributed by atoms with Gasteiger partial charge in [0.05, 0.1) is 38.3 Å². The summed E-state index contributed by atoms with van der Waals surface area (Å²) < 4.78 is 23.1. The predicted octanol–water partition coefficient (Wildman–Crippen LogP) is 4.31. The van der Waals surface area contributed by atoms with E-state index in [1.807, 2.05) is 78.9 Å². The van der Waals surface area contributed by atoms with Gasteiger partial charge in [0.25, 0.3) is 0 Å². The number of hydrogen-bond donors (Lipinski definition) is 1. The summed E-state index contributed by atoms with van der Waals surface area (Å²) in [7, 11) is 0. The molecule has 2 fully saturated rings. The molecule has 1 N–H and O–H groups in total. The maximum Gasteiger partial charge on any atom is 0.304 e. The van der Waals surface area contributed by atoms with Crippen LogP contribution in [-0.2, 0) is 31.9 Å². The van der Waals surface area contributed by atoms with Gasteiger partial charge < -0.3 is 24.1 Å². The van der Waals surface area contributed by atoms with Crippen molar-refractivity contribution in [1.29, 1.82) is 0 Å². The van der Waals surface area contributed by atoms with E-state index in [0.29, 0.717) is 33.0 Å². The number of aliphatic carboxylic acids is 1. The zero-order valence-corrected chi connectivity index (χ0v) is 18.2. The fourth-order valence-corrected chi connectivity index (χ4v) is 4.28. The highest BCUT2D eigenvalue weighted by Crippen LogP contribution is 2.39. The van der Waals surface area contributed by atoms with Crippen molar-refractivity contribution in [2.75, 3.05) is 26.4 Å². The van der Waals surface area contributed by atoms with Gasteiger partial charge in [-0.2, -0.15) is 0 Å². The molecule has 33 heavy (non-hydrogen) atoms. The highest BCUT2D eigenvalue weighted by Gasteiger charge is 2.44. The zero-order valence-electron chi connectivity index (χ0n) is 18.2. The van der Waals surface area contributed by atoms with E-state index in [0.717, 1.165) is 28.2 Å². The third-order valence-electron chi connectivity index (χ3n) is 6.33. The van der Waals surface area contributed by atoms with Crippen LogP contribution in [0.15, 0.2) is 78.9 Å². The van der Waals surface area contributed by atoms with E-state index in [-0.39, 0.29) is 6.42 Å². The second-order valence-electron chi connectivity index (χ2n) is 8.76. The van der Waals surface area contributed by atoms with Crippen LogP contribution in [0.5, 0.6) is 11.5 Å². The summed E-state index contributed by atoms with van der Waals surface area (Å²) >= 11 is 0. The second-order valence-corrected chi connectivity index (χ2v) is 8.76. The first-order chi connectivity index (χ1) is 16.1. The Morgan fingerprint density at radius 3 is 1.94 bits per heavy atom. The van der Waals surface area contributed by atoms with Crippen molar-refractivity contribution in [3.05, 3.63) is 95.6 Å². The van der Waals surface area contributed by atoms with Crippen LogP contribution in [-0.4, -0.2) is 37.5 Å². The molecule has 0 saturated carbocycles. The lowest BCUT2D eigenvalue weighted by molar-refractivity contribution is -0.167. The maximum atomic E-state index is 11.3.